The van der Waals surface area contributed by atoms with Crippen LogP contribution in [0.3, 0.4) is 0 Å². The van der Waals surface area contributed by atoms with Crippen molar-refractivity contribution in [3.63, 3.8) is 0 Å². The third-order valence-corrected chi connectivity index (χ3v) is 8.87. The second kappa shape index (κ2) is 9.38. The van der Waals surface area contributed by atoms with Crippen molar-refractivity contribution in [2.24, 2.45) is 0 Å². The molecule has 0 saturated carbocycles. The Labute approximate surface area is 233 Å². The molecule has 196 valence electrons. The van der Waals surface area contributed by atoms with Crippen LogP contribution in [0.5, 0.6) is 0 Å². The van der Waals surface area contributed by atoms with Gasteiger partial charge in [0, 0.05) is 16.5 Å². The zero-order chi connectivity index (χ0) is 27.4. The van der Waals surface area contributed by atoms with Crippen LogP contribution in [-0.2, 0) is 10.8 Å². The summed E-state index contributed by atoms with van der Waals surface area (Å²) in [5.41, 5.74) is 13.0. The Bertz CT molecular complexity index is 1660. The lowest BCUT2D eigenvalue weighted by molar-refractivity contribution is 0.490. The van der Waals surface area contributed by atoms with Crippen molar-refractivity contribution in [1.82, 2.24) is 9.55 Å². The Kier molecular flexibility index (Phi) is 6.10. The van der Waals surface area contributed by atoms with E-state index in [9.17, 15) is 0 Å². The first-order chi connectivity index (χ1) is 18.8. The molecule has 0 bridgehead atoms. The summed E-state index contributed by atoms with van der Waals surface area (Å²) in [6.07, 6.45) is 4.25. The van der Waals surface area contributed by atoms with Crippen LogP contribution >= 0.6 is 0 Å². The fourth-order valence-corrected chi connectivity index (χ4v) is 6.60. The van der Waals surface area contributed by atoms with E-state index in [1.165, 1.54) is 44.6 Å². The molecule has 2 heteroatoms. The lowest BCUT2D eigenvalue weighted by Gasteiger charge is -2.29. The minimum absolute atomic E-state index is 0.0826. The molecule has 1 aromatic heterocycles. The molecule has 2 nitrogen and oxygen atoms in total. The molecule has 6 rings (SSSR count). The van der Waals surface area contributed by atoms with Gasteiger partial charge in [0.25, 0.3) is 0 Å². The first kappa shape index (κ1) is 25.4. The molecule has 4 aromatic carbocycles. The summed E-state index contributed by atoms with van der Waals surface area (Å²) in [4.78, 5) is 5.01. The van der Waals surface area contributed by atoms with Crippen LogP contribution in [-0.4, -0.2) is 9.55 Å². The lowest BCUT2D eigenvalue weighted by atomic mass is 9.74. The zero-order valence-electron chi connectivity index (χ0n) is 24.0. The first-order valence-corrected chi connectivity index (χ1v) is 14.3. The highest BCUT2D eigenvalue weighted by Gasteiger charge is 2.40. The maximum absolute atomic E-state index is 5.01. The quantitative estimate of drug-likeness (QED) is 0.230. The van der Waals surface area contributed by atoms with Gasteiger partial charge in [-0.25, -0.2) is 4.98 Å². The molecule has 0 fully saturated rings. The Morgan fingerprint density at radius 2 is 1.41 bits per heavy atom. The predicted octanol–water partition coefficient (Wildman–Crippen LogP) is 9.90. The lowest BCUT2D eigenvalue weighted by Crippen LogP contribution is -2.22. The van der Waals surface area contributed by atoms with Crippen LogP contribution in [0.2, 0.25) is 0 Å². The maximum Gasteiger partial charge on any atom is 0.144 e. The molecule has 0 amide bonds. The van der Waals surface area contributed by atoms with Gasteiger partial charge in [0.15, 0.2) is 0 Å². The smallest absolute Gasteiger partial charge is 0.144 e. The summed E-state index contributed by atoms with van der Waals surface area (Å²) in [5, 5.41) is 0. The molecule has 0 N–H and O–H groups in total. The number of aryl methyl sites for hydroxylation is 1. The Morgan fingerprint density at radius 3 is 2.10 bits per heavy atom. The molecular weight excluding hydrogens is 472 g/mol. The summed E-state index contributed by atoms with van der Waals surface area (Å²) in [5.74, 6) is 0.967. The van der Waals surface area contributed by atoms with Gasteiger partial charge in [-0.3, -0.25) is 4.57 Å². The van der Waals surface area contributed by atoms with Gasteiger partial charge in [0.1, 0.15) is 5.82 Å². The van der Waals surface area contributed by atoms with Crippen molar-refractivity contribution in [1.29, 1.82) is 0 Å². The van der Waals surface area contributed by atoms with E-state index in [1.54, 1.807) is 0 Å². The highest BCUT2D eigenvalue weighted by atomic mass is 15.1. The second-order valence-electron chi connectivity index (χ2n) is 12.0. The molecular formula is C37H38N2. The fraction of sp³-hybridized carbons (Fsp3) is 0.270. The van der Waals surface area contributed by atoms with Crippen molar-refractivity contribution in [3.05, 3.63) is 119 Å². The van der Waals surface area contributed by atoms with E-state index in [-0.39, 0.29) is 10.8 Å². The summed E-state index contributed by atoms with van der Waals surface area (Å²) in [7, 11) is 0. The molecule has 0 aliphatic heterocycles. The number of fused-ring (bicyclic) bond motifs is 3. The molecule has 1 heterocycles. The van der Waals surface area contributed by atoms with E-state index in [2.05, 4.69) is 143 Å². The van der Waals surface area contributed by atoms with Crippen LogP contribution < -0.4 is 0 Å². The molecule has 5 aromatic rings. The highest BCUT2D eigenvalue weighted by Crippen LogP contribution is 2.53. The van der Waals surface area contributed by atoms with E-state index in [1.807, 2.05) is 0 Å². The SMILES string of the molecule is CCC1(CC)c2ccccc2-c2cc(-c3cnc(-c4ccccc4)n3-c3ccc(C(C)(C)C)cc3C)ccc21. The van der Waals surface area contributed by atoms with Crippen molar-refractivity contribution < 1.29 is 0 Å². The van der Waals surface area contributed by atoms with Crippen LogP contribution in [0.4, 0.5) is 0 Å². The number of hydrogen-bond acceptors (Lipinski definition) is 1. The van der Waals surface area contributed by atoms with E-state index < -0.39 is 0 Å². The summed E-state index contributed by atoms with van der Waals surface area (Å²) < 4.78 is 2.35. The van der Waals surface area contributed by atoms with Crippen molar-refractivity contribution in [2.45, 2.75) is 65.2 Å². The summed E-state index contributed by atoms with van der Waals surface area (Å²) >= 11 is 0. The average Bonchev–Trinajstić information content (AvgIpc) is 3.50. The van der Waals surface area contributed by atoms with Gasteiger partial charge in [0.05, 0.1) is 17.6 Å². The van der Waals surface area contributed by atoms with Crippen molar-refractivity contribution >= 4 is 0 Å². The Balaban J connectivity index is 1.58. The summed E-state index contributed by atoms with van der Waals surface area (Å²) in [6, 6.07) is 33.5. The third-order valence-electron chi connectivity index (χ3n) is 8.87. The Hall–Kier alpha value is -3.91. The number of hydrogen-bond donors (Lipinski definition) is 0. The summed E-state index contributed by atoms with van der Waals surface area (Å²) in [6.45, 7) is 13.7. The van der Waals surface area contributed by atoms with Gasteiger partial charge < -0.3 is 0 Å². The minimum atomic E-state index is 0.0826. The van der Waals surface area contributed by atoms with Gasteiger partial charge >= 0.3 is 0 Å². The van der Waals surface area contributed by atoms with Crippen LogP contribution in [0.25, 0.3) is 39.5 Å². The van der Waals surface area contributed by atoms with Gasteiger partial charge in [-0.15, -0.1) is 0 Å². The molecule has 0 radical (unpaired) electrons. The largest absolute Gasteiger partial charge is 0.292 e. The molecule has 0 spiro atoms. The fourth-order valence-electron chi connectivity index (χ4n) is 6.60. The highest BCUT2D eigenvalue weighted by molar-refractivity contribution is 5.85. The minimum Gasteiger partial charge on any atom is -0.292 e. The molecule has 1 aliphatic rings. The van der Waals surface area contributed by atoms with E-state index in [0.717, 1.165) is 29.9 Å². The van der Waals surface area contributed by atoms with E-state index in [4.69, 9.17) is 4.98 Å². The molecule has 1 aliphatic carbocycles. The van der Waals surface area contributed by atoms with E-state index in [0.29, 0.717) is 0 Å². The second-order valence-corrected chi connectivity index (χ2v) is 12.0. The van der Waals surface area contributed by atoms with Gasteiger partial charge in [-0.2, -0.15) is 0 Å². The average molecular weight is 511 g/mol. The third kappa shape index (κ3) is 3.97. The van der Waals surface area contributed by atoms with Gasteiger partial charge in [-0.05, 0) is 70.7 Å². The van der Waals surface area contributed by atoms with Crippen LogP contribution in [0, 0.1) is 6.92 Å². The zero-order valence-corrected chi connectivity index (χ0v) is 24.0. The normalized spacial score (nSPS) is 13.8. The van der Waals surface area contributed by atoms with Crippen LogP contribution in [0.1, 0.15) is 69.7 Å². The number of benzene rings is 4. The monoisotopic (exact) mass is 510 g/mol. The van der Waals surface area contributed by atoms with Crippen molar-refractivity contribution in [2.75, 3.05) is 0 Å². The topological polar surface area (TPSA) is 17.8 Å². The number of rotatable bonds is 5. The number of aromatic nitrogens is 2. The van der Waals surface area contributed by atoms with Crippen molar-refractivity contribution in [3.8, 4) is 39.5 Å². The van der Waals surface area contributed by atoms with Gasteiger partial charge in [0.2, 0.25) is 0 Å². The standard InChI is InChI=1S/C37H38N2/c1-7-37(8-2)31-17-13-12-16-29(31)30-23-27(18-20-32(30)37)34-24-38-35(26-14-10-9-11-15-26)39(34)33-21-19-28(22-25(33)3)36(4,5)6/h9-24H,7-8H2,1-6H3. The van der Waals surface area contributed by atoms with Crippen LogP contribution in [0.15, 0.2) is 97.2 Å². The van der Waals surface area contributed by atoms with Gasteiger partial charge in [-0.1, -0.05) is 113 Å². The predicted molar refractivity (Wildman–Crippen MR) is 165 cm³/mol. The molecule has 0 unspecified atom stereocenters. The molecule has 0 saturated heterocycles. The Morgan fingerprint density at radius 1 is 0.718 bits per heavy atom. The molecule has 39 heavy (non-hydrogen) atoms. The maximum atomic E-state index is 5.01. The number of nitrogens with zero attached hydrogens (tertiary/aromatic N) is 2. The van der Waals surface area contributed by atoms with E-state index >= 15 is 0 Å². The first-order valence-electron chi connectivity index (χ1n) is 14.3. The number of imidazole rings is 1. The molecule has 0 atom stereocenters.